The largest absolute Gasteiger partial charge is 0.373 e. The number of epoxide rings is 1. The van der Waals surface area contributed by atoms with Crippen LogP contribution >= 0.6 is 23.2 Å². The number of rotatable bonds is 3. The predicted molar refractivity (Wildman–Crippen MR) is 59.7 cm³/mol. The molecule has 2 rings (SSSR count). The van der Waals surface area contributed by atoms with E-state index in [1.54, 1.807) is 0 Å². The van der Waals surface area contributed by atoms with Crippen molar-refractivity contribution in [2.75, 3.05) is 6.61 Å². The van der Waals surface area contributed by atoms with Crippen LogP contribution in [0.5, 0.6) is 0 Å². The van der Waals surface area contributed by atoms with E-state index in [0.29, 0.717) is 23.6 Å². The quantitative estimate of drug-likeness (QED) is 0.682. The van der Waals surface area contributed by atoms with E-state index >= 15 is 0 Å². The average Bonchev–Trinajstić information content (AvgIpc) is 2.91. The SMILES string of the molecule is O=S(=O)(O)c1cc(CC2CO2)c(Cl)cc1Cl. The van der Waals surface area contributed by atoms with Crippen LogP contribution in [-0.4, -0.2) is 25.7 Å². The highest BCUT2D eigenvalue weighted by Gasteiger charge is 2.25. The highest BCUT2D eigenvalue weighted by Crippen LogP contribution is 2.30. The van der Waals surface area contributed by atoms with Crippen LogP contribution in [0.2, 0.25) is 10.0 Å². The van der Waals surface area contributed by atoms with Gasteiger partial charge in [0, 0.05) is 11.4 Å². The third-order valence-corrected chi connectivity index (χ3v) is 3.90. The first kappa shape index (κ1) is 12.1. The van der Waals surface area contributed by atoms with Gasteiger partial charge in [-0.25, -0.2) is 0 Å². The number of ether oxygens (including phenoxy) is 1. The molecule has 1 aromatic carbocycles. The maximum Gasteiger partial charge on any atom is 0.296 e. The summed E-state index contributed by atoms with van der Waals surface area (Å²) >= 11 is 11.6. The second-order valence-electron chi connectivity index (χ2n) is 3.51. The number of hydrogen-bond acceptors (Lipinski definition) is 3. The summed E-state index contributed by atoms with van der Waals surface area (Å²) in [4.78, 5) is -0.325. The maximum absolute atomic E-state index is 11.0. The van der Waals surface area contributed by atoms with Crippen LogP contribution in [0.4, 0.5) is 0 Å². The van der Waals surface area contributed by atoms with Crippen molar-refractivity contribution >= 4 is 33.3 Å². The number of hydrogen-bond donors (Lipinski definition) is 1. The van der Waals surface area contributed by atoms with Crippen LogP contribution < -0.4 is 0 Å². The lowest BCUT2D eigenvalue weighted by atomic mass is 10.1. The maximum atomic E-state index is 11.0. The van der Waals surface area contributed by atoms with Gasteiger partial charge in [-0.3, -0.25) is 4.55 Å². The number of halogens is 2. The van der Waals surface area contributed by atoms with E-state index in [0.717, 1.165) is 0 Å². The van der Waals surface area contributed by atoms with Crippen LogP contribution in [0, 0.1) is 0 Å². The van der Waals surface area contributed by atoms with E-state index in [4.69, 9.17) is 32.5 Å². The van der Waals surface area contributed by atoms with Gasteiger partial charge in [0.05, 0.1) is 17.7 Å². The summed E-state index contributed by atoms with van der Waals surface area (Å²) in [6, 6.07) is 2.59. The van der Waals surface area contributed by atoms with Gasteiger partial charge >= 0.3 is 0 Å². The Labute approximate surface area is 103 Å². The molecular weight excluding hydrogens is 275 g/mol. The zero-order valence-electron chi connectivity index (χ0n) is 7.98. The lowest BCUT2D eigenvalue weighted by Gasteiger charge is -2.06. The molecule has 0 bridgehead atoms. The lowest BCUT2D eigenvalue weighted by molar-refractivity contribution is 0.407. The topological polar surface area (TPSA) is 66.9 Å². The molecule has 1 aliphatic heterocycles. The van der Waals surface area contributed by atoms with Gasteiger partial charge in [0.25, 0.3) is 10.1 Å². The Bertz CT molecular complexity index is 523. The Morgan fingerprint density at radius 2 is 2.00 bits per heavy atom. The van der Waals surface area contributed by atoms with E-state index < -0.39 is 10.1 Å². The second kappa shape index (κ2) is 4.16. The van der Waals surface area contributed by atoms with Gasteiger partial charge in [-0.05, 0) is 17.7 Å². The Morgan fingerprint density at radius 3 is 2.50 bits per heavy atom. The Balaban J connectivity index is 2.45. The van der Waals surface area contributed by atoms with E-state index in [2.05, 4.69) is 0 Å². The molecule has 0 aromatic heterocycles. The molecule has 1 atom stereocenters. The van der Waals surface area contributed by atoms with Crippen LogP contribution in [0.1, 0.15) is 5.56 Å². The fourth-order valence-corrected chi connectivity index (χ4v) is 2.71. The Kier molecular flexibility index (Phi) is 3.16. The standard InChI is InChI=1S/C9H8Cl2O4S/c10-7-3-8(11)9(16(12,13)14)2-5(7)1-6-4-15-6/h2-3,6H,1,4H2,(H,12,13,14). The molecule has 0 spiro atoms. The molecule has 0 aliphatic carbocycles. The fraction of sp³-hybridized carbons (Fsp3) is 0.333. The normalized spacial score (nSPS) is 19.8. The zero-order chi connectivity index (χ0) is 11.9. The third-order valence-electron chi connectivity index (χ3n) is 2.23. The highest BCUT2D eigenvalue weighted by molar-refractivity contribution is 7.86. The molecule has 1 aliphatic rings. The minimum Gasteiger partial charge on any atom is -0.373 e. The summed E-state index contributed by atoms with van der Waals surface area (Å²) in [5, 5.41) is 0.279. The van der Waals surface area contributed by atoms with Crippen molar-refractivity contribution in [3.05, 3.63) is 27.7 Å². The molecule has 1 saturated heterocycles. The molecule has 16 heavy (non-hydrogen) atoms. The monoisotopic (exact) mass is 282 g/mol. The molecule has 1 fully saturated rings. The van der Waals surface area contributed by atoms with Gasteiger partial charge in [-0.15, -0.1) is 0 Å². The summed E-state index contributed by atoms with van der Waals surface area (Å²) in [5.74, 6) is 0. The molecule has 1 N–H and O–H groups in total. The summed E-state index contributed by atoms with van der Waals surface area (Å²) < 4.78 is 36.0. The first-order chi connectivity index (χ1) is 7.38. The molecule has 7 heteroatoms. The average molecular weight is 283 g/mol. The smallest absolute Gasteiger partial charge is 0.296 e. The first-order valence-corrected chi connectivity index (χ1v) is 6.64. The van der Waals surface area contributed by atoms with Crippen LogP contribution in [0.15, 0.2) is 17.0 Å². The molecule has 4 nitrogen and oxygen atoms in total. The van der Waals surface area contributed by atoms with Gasteiger partial charge < -0.3 is 4.74 Å². The minimum atomic E-state index is -4.32. The zero-order valence-corrected chi connectivity index (χ0v) is 10.3. The van der Waals surface area contributed by atoms with Gasteiger partial charge in [0.15, 0.2) is 0 Å². The van der Waals surface area contributed by atoms with Gasteiger partial charge in [-0.2, -0.15) is 8.42 Å². The molecule has 0 amide bonds. The second-order valence-corrected chi connectivity index (χ2v) is 5.71. The predicted octanol–water partition coefficient (Wildman–Crippen LogP) is 2.18. The molecule has 0 saturated carbocycles. The molecular formula is C9H8Cl2O4S. The fourth-order valence-electron chi connectivity index (χ4n) is 1.36. The molecule has 1 unspecified atom stereocenters. The van der Waals surface area contributed by atoms with E-state index in [9.17, 15) is 8.42 Å². The molecule has 1 aromatic rings. The highest BCUT2D eigenvalue weighted by atomic mass is 35.5. The van der Waals surface area contributed by atoms with E-state index in [-0.39, 0.29) is 16.0 Å². The van der Waals surface area contributed by atoms with Gasteiger partial charge in [0.2, 0.25) is 0 Å². The first-order valence-electron chi connectivity index (χ1n) is 4.45. The van der Waals surface area contributed by atoms with E-state index in [1.807, 2.05) is 0 Å². The summed E-state index contributed by atoms with van der Waals surface area (Å²) in [5.41, 5.74) is 0.598. The Hall–Kier alpha value is -0.330. The molecule has 1 heterocycles. The van der Waals surface area contributed by atoms with E-state index in [1.165, 1.54) is 12.1 Å². The van der Waals surface area contributed by atoms with Gasteiger partial charge in [0.1, 0.15) is 4.90 Å². The minimum absolute atomic E-state index is 0.0768. The van der Waals surface area contributed by atoms with Crippen molar-refractivity contribution in [3.8, 4) is 0 Å². The van der Waals surface area contributed by atoms with Crippen molar-refractivity contribution in [3.63, 3.8) is 0 Å². The Morgan fingerprint density at radius 1 is 1.38 bits per heavy atom. The van der Waals surface area contributed by atoms with Crippen molar-refractivity contribution in [1.82, 2.24) is 0 Å². The van der Waals surface area contributed by atoms with Crippen molar-refractivity contribution in [2.24, 2.45) is 0 Å². The number of benzene rings is 1. The van der Waals surface area contributed by atoms with Crippen molar-refractivity contribution in [2.45, 2.75) is 17.4 Å². The van der Waals surface area contributed by atoms with Crippen LogP contribution in [0.3, 0.4) is 0 Å². The molecule has 0 radical (unpaired) electrons. The van der Waals surface area contributed by atoms with Gasteiger partial charge in [-0.1, -0.05) is 23.2 Å². The van der Waals surface area contributed by atoms with Crippen molar-refractivity contribution < 1.29 is 17.7 Å². The summed E-state index contributed by atoms with van der Waals surface area (Å²) in [6.07, 6.45) is 0.589. The summed E-state index contributed by atoms with van der Waals surface area (Å²) in [6.45, 7) is 0.639. The van der Waals surface area contributed by atoms with Crippen LogP contribution in [-0.2, 0) is 21.3 Å². The van der Waals surface area contributed by atoms with Crippen molar-refractivity contribution in [1.29, 1.82) is 0 Å². The molecule has 88 valence electrons. The lowest BCUT2D eigenvalue weighted by Crippen LogP contribution is -2.02. The summed E-state index contributed by atoms with van der Waals surface area (Å²) in [7, 11) is -4.32. The third kappa shape index (κ3) is 2.67. The van der Waals surface area contributed by atoms with Crippen LogP contribution in [0.25, 0.3) is 0 Å².